The van der Waals surface area contributed by atoms with Gasteiger partial charge in [0.15, 0.2) is 11.5 Å². The van der Waals surface area contributed by atoms with E-state index in [1.165, 1.54) is 11.6 Å². The quantitative estimate of drug-likeness (QED) is 0.534. The van der Waals surface area contributed by atoms with E-state index < -0.39 is 5.91 Å². The molecule has 0 aliphatic heterocycles. The van der Waals surface area contributed by atoms with Crippen LogP contribution in [0.15, 0.2) is 46.9 Å². The summed E-state index contributed by atoms with van der Waals surface area (Å²) in [6.45, 7) is 4.94. The fourth-order valence-corrected chi connectivity index (χ4v) is 3.03. The maximum atomic E-state index is 12.6. The molecule has 0 spiro atoms. The number of ketones is 1. The lowest BCUT2D eigenvalue weighted by atomic mass is 10.1. The Kier molecular flexibility index (Phi) is 6.41. The third kappa shape index (κ3) is 4.98. The minimum absolute atomic E-state index is 0.0881. The third-order valence-corrected chi connectivity index (χ3v) is 5.35. The van der Waals surface area contributed by atoms with Crippen LogP contribution in [0.1, 0.15) is 39.0 Å². The van der Waals surface area contributed by atoms with Crippen molar-refractivity contribution < 1.29 is 14.4 Å². The molecule has 1 heterocycles. The van der Waals surface area contributed by atoms with Crippen molar-refractivity contribution in [2.45, 2.75) is 27.3 Å². The number of aryl methyl sites for hydroxylation is 1. The zero-order valence-electron chi connectivity index (χ0n) is 16.7. The van der Waals surface area contributed by atoms with Gasteiger partial charge in [0.05, 0.1) is 5.69 Å². The highest BCUT2D eigenvalue weighted by molar-refractivity contribution is 9.10. The Morgan fingerprint density at radius 1 is 1.03 bits per heavy atom. The van der Waals surface area contributed by atoms with Crippen molar-refractivity contribution in [2.75, 3.05) is 10.6 Å². The van der Waals surface area contributed by atoms with E-state index in [0.717, 1.165) is 10.0 Å². The fourth-order valence-electron chi connectivity index (χ4n) is 2.79. The van der Waals surface area contributed by atoms with Crippen molar-refractivity contribution in [1.29, 1.82) is 0 Å². The number of carbonyl (C=O) groups excluding carboxylic acids is 3. The Morgan fingerprint density at radius 3 is 2.47 bits per heavy atom. The first-order valence-corrected chi connectivity index (χ1v) is 9.92. The Hall–Kier alpha value is -3.33. The van der Waals surface area contributed by atoms with Gasteiger partial charge in [0, 0.05) is 21.4 Å². The average Bonchev–Trinajstić information content (AvgIpc) is 3.05. The van der Waals surface area contributed by atoms with Gasteiger partial charge >= 0.3 is 0 Å². The largest absolute Gasteiger partial charge is 0.324 e. The van der Waals surface area contributed by atoms with Gasteiger partial charge in [-0.2, -0.15) is 0 Å². The SMILES string of the molecule is CC(=O)c1cccc(NC(=O)Cn2nnc(C(=O)Nc3ccc(Br)c(C)c3)c2C)c1. The summed E-state index contributed by atoms with van der Waals surface area (Å²) in [5.41, 5.74) is 3.24. The molecule has 8 nitrogen and oxygen atoms in total. The second-order valence-electron chi connectivity index (χ2n) is 6.78. The molecule has 0 saturated heterocycles. The van der Waals surface area contributed by atoms with Gasteiger partial charge in [0.25, 0.3) is 5.91 Å². The topological polar surface area (TPSA) is 106 Å². The summed E-state index contributed by atoms with van der Waals surface area (Å²) in [6.07, 6.45) is 0. The Morgan fingerprint density at radius 2 is 1.77 bits per heavy atom. The molecule has 0 atom stereocenters. The number of halogens is 1. The summed E-state index contributed by atoms with van der Waals surface area (Å²) in [7, 11) is 0. The maximum Gasteiger partial charge on any atom is 0.278 e. The highest BCUT2D eigenvalue weighted by Gasteiger charge is 2.18. The molecular weight excluding hydrogens is 450 g/mol. The molecule has 0 unspecified atom stereocenters. The van der Waals surface area contributed by atoms with Gasteiger partial charge < -0.3 is 10.6 Å². The Bertz CT molecular complexity index is 1140. The van der Waals surface area contributed by atoms with Crippen LogP contribution in [0.5, 0.6) is 0 Å². The first-order chi connectivity index (χ1) is 14.2. The van der Waals surface area contributed by atoms with Gasteiger partial charge in [-0.05, 0) is 56.7 Å². The molecule has 3 aromatic rings. The lowest BCUT2D eigenvalue weighted by molar-refractivity contribution is -0.117. The van der Waals surface area contributed by atoms with Crippen molar-refractivity contribution >= 4 is 44.9 Å². The predicted molar refractivity (Wildman–Crippen MR) is 117 cm³/mol. The summed E-state index contributed by atoms with van der Waals surface area (Å²) in [6, 6.07) is 12.1. The van der Waals surface area contributed by atoms with E-state index >= 15 is 0 Å². The van der Waals surface area contributed by atoms with Crippen LogP contribution in [0.4, 0.5) is 11.4 Å². The molecule has 0 aliphatic rings. The number of rotatable bonds is 6. The molecule has 0 fully saturated rings. The average molecular weight is 470 g/mol. The third-order valence-electron chi connectivity index (χ3n) is 4.46. The molecule has 2 amide bonds. The number of benzene rings is 2. The highest BCUT2D eigenvalue weighted by atomic mass is 79.9. The lowest BCUT2D eigenvalue weighted by Gasteiger charge is -2.08. The zero-order chi connectivity index (χ0) is 21.8. The molecule has 2 aromatic carbocycles. The number of amides is 2. The number of aromatic nitrogens is 3. The van der Waals surface area contributed by atoms with E-state index in [2.05, 4.69) is 36.9 Å². The molecule has 0 aliphatic carbocycles. The molecule has 3 rings (SSSR count). The van der Waals surface area contributed by atoms with Crippen molar-refractivity contribution in [2.24, 2.45) is 0 Å². The van der Waals surface area contributed by atoms with E-state index in [1.54, 1.807) is 37.3 Å². The minimum atomic E-state index is -0.407. The van der Waals surface area contributed by atoms with Crippen LogP contribution >= 0.6 is 15.9 Å². The van der Waals surface area contributed by atoms with Gasteiger partial charge in [0.2, 0.25) is 5.91 Å². The van der Waals surface area contributed by atoms with Crippen LogP contribution < -0.4 is 10.6 Å². The lowest BCUT2D eigenvalue weighted by Crippen LogP contribution is -2.21. The Labute approximate surface area is 181 Å². The van der Waals surface area contributed by atoms with E-state index in [1.807, 2.05) is 19.1 Å². The normalized spacial score (nSPS) is 10.5. The monoisotopic (exact) mass is 469 g/mol. The van der Waals surface area contributed by atoms with Crippen LogP contribution in [0.25, 0.3) is 0 Å². The highest BCUT2D eigenvalue weighted by Crippen LogP contribution is 2.20. The van der Waals surface area contributed by atoms with E-state index in [4.69, 9.17) is 0 Å². The van der Waals surface area contributed by atoms with Gasteiger partial charge in [0.1, 0.15) is 6.54 Å². The van der Waals surface area contributed by atoms with E-state index in [0.29, 0.717) is 22.6 Å². The second-order valence-corrected chi connectivity index (χ2v) is 7.64. The van der Waals surface area contributed by atoms with Crippen LogP contribution in [0, 0.1) is 13.8 Å². The number of anilines is 2. The van der Waals surface area contributed by atoms with Crippen molar-refractivity contribution in [3.8, 4) is 0 Å². The summed E-state index contributed by atoms with van der Waals surface area (Å²) < 4.78 is 2.30. The molecule has 0 saturated carbocycles. The predicted octanol–water partition coefficient (Wildman–Crippen LogP) is 3.75. The van der Waals surface area contributed by atoms with Gasteiger partial charge in [-0.25, -0.2) is 4.68 Å². The first kappa shape index (κ1) is 21.4. The number of hydrogen-bond donors (Lipinski definition) is 2. The molecule has 1 aromatic heterocycles. The van der Waals surface area contributed by atoms with Crippen LogP contribution in [-0.2, 0) is 11.3 Å². The second kappa shape index (κ2) is 9.00. The van der Waals surface area contributed by atoms with E-state index in [9.17, 15) is 14.4 Å². The van der Waals surface area contributed by atoms with Gasteiger partial charge in [-0.15, -0.1) is 5.10 Å². The first-order valence-electron chi connectivity index (χ1n) is 9.13. The van der Waals surface area contributed by atoms with Gasteiger partial charge in [-0.1, -0.05) is 33.3 Å². The number of Topliss-reactive ketones (excluding diaryl/α,β-unsaturated/α-hetero) is 1. The molecule has 0 radical (unpaired) electrons. The van der Waals surface area contributed by atoms with Crippen molar-refractivity contribution in [3.63, 3.8) is 0 Å². The standard InChI is InChI=1S/C21H20BrN5O3/c1-12-9-17(7-8-18(12)22)24-21(30)20-13(2)27(26-25-20)11-19(29)23-16-6-4-5-15(10-16)14(3)28/h4-10H,11H2,1-3H3,(H,23,29)(H,24,30). The molecular formula is C21H20BrN5O3. The Balaban J connectivity index is 1.67. The number of nitrogens with one attached hydrogen (secondary N) is 2. The molecule has 0 bridgehead atoms. The van der Waals surface area contributed by atoms with Crippen molar-refractivity contribution in [1.82, 2.24) is 15.0 Å². The zero-order valence-corrected chi connectivity index (χ0v) is 18.3. The summed E-state index contributed by atoms with van der Waals surface area (Å²) in [4.78, 5) is 36.4. The van der Waals surface area contributed by atoms with E-state index in [-0.39, 0.29) is 23.9 Å². The number of nitrogens with zero attached hydrogens (tertiary/aromatic N) is 3. The van der Waals surface area contributed by atoms with Crippen molar-refractivity contribution in [3.05, 3.63) is 69.5 Å². The minimum Gasteiger partial charge on any atom is -0.324 e. The number of carbonyl (C=O) groups is 3. The smallest absolute Gasteiger partial charge is 0.278 e. The molecule has 30 heavy (non-hydrogen) atoms. The van der Waals surface area contributed by atoms with Gasteiger partial charge in [-0.3, -0.25) is 14.4 Å². The van der Waals surface area contributed by atoms with Crippen LogP contribution in [0.2, 0.25) is 0 Å². The maximum absolute atomic E-state index is 12.6. The summed E-state index contributed by atoms with van der Waals surface area (Å²) in [5, 5.41) is 13.3. The van der Waals surface area contributed by atoms with Crippen LogP contribution in [0.3, 0.4) is 0 Å². The molecule has 2 N–H and O–H groups in total. The summed E-state index contributed by atoms with van der Waals surface area (Å²) in [5.74, 6) is -0.843. The molecule has 154 valence electrons. The fraction of sp³-hybridized carbons (Fsp3) is 0.190. The van der Waals surface area contributed by atoms with Crippen LogP contribution in [-0.4, -0.2) is 32.6 Å². The molecule has 9 heteroatoms. The number of hydrogen-bond acceptors (Lipinski definition) is 5. The summed E-state index contributed by atoms with van der Waals surface area (Å²) >= 11 is 3.42.